The fourth-order valence-corrected chi connectivity index (χ4v) is 4.33. The monoisotopic (exact) mass is 443 g/mol. The van der Waals surface area contributed by atoms with Crippen molar-refractivity contribution < 1.29 is 9.18 Å². The molecule has 1 amide bonds. The molecule has 0 spiro atoms. The molecule has 0 aliphatic carbocycles. The van der Waals surface area contributed by atoms with Crippen molar-refractivity contribution in [2.45, 2.75) is 52.4 Å². The predicted octanol–water partition coefficient (Wildman–Crippen LogP) is 5.43. The van der Waals surface area contributed by atoms with E-state index in [1.54, 1.807) is 6.07 Å². The molecule has 1 saturated heterocycles. The molecule has 166 valence electrons. The van der Waals surface area contributed by atoms with Gasteiger partial charge in [0.05, 0.1) is 0 Å². The Bertz CT molecular complexity index is 931. The number of carbonyl (C=O) groups excluding carboxylic acids is 1. The highest BCUT2D eigenvalue weighted by Gasteiger charge is 2.30. The number of piperazine rings is 1. The van der Waals surface area contributed by atoms with Crippen LogP contribution < -0.4 is 5.32 Å². The molecule has 31 heavy (non-hydrogen) atoms. The average molecular weight is 444 g/mol. The lowest BCUT2D eigenvalue weighted by Crippen LogP contribution is -2.57. The number of rotatable bonds is 6. The summed E-state index contributed by atoms with van der Waals surface area (Å²) in [6.07, 6.45) is 4.22. The lowest BCUT2D eigenvalue weighted by Gasteiger charge is -2.46. The molecule has 3 atom stereocenters. The van der Waals surface area contributed by atoms with Gasteiger partial charge in [-0.1, -0.05) is 42.0 Å². The Labute approximate surface area is 189 Å². The van der Waals surface area contributed by atoms with Crippen molar-refractivity contribution in [3.8, 4) is 0 Å². The van der Waals surface area contributed by atoms with Gasteiger partial charge in [-0.2, -0.15) is 0 Å². The molecule has 0 radical (unpaired) electrons. The maximum Gasteiger partial charge on any atom is 0.221 e. The molecule has 3 rings (SSSR count). The number of benzene rings is 2. The fraction of sp³-hybridized carbons (Fsp3) is 0.400. The molecule has 6 heteroatoms. The third-order valence-electron chi connectivity index (χ3n) is 5.87. The van der Waals surface area contributed by atoms with Crippen LogP contribution in [-0.2, 0) is 11.3 Å². The minimum atomic E-state index is -0.196. The van der Waals surface area contributed by atoms with Crippen LogP contribution in [0.15, 0.2) is 48.5 Å². The van der Waals surface area contributed by atoms with Crippen molar-refractivity contribution in [2.24, 2.45) is 0 Å². The van der Waals surface area contributed by atoms with Crippen molar-refractivity contribution >= 4 is 29.3 Å². The molecule has 1 N–H and O–H groups in total. The quantitative estimate of drug-likeness (QED) is 0.646. The molecule has 0 saturated carbocycles. The normalized spacial score (nSPS) is 21.4. The first kappa shape index (κ1) is 23.5. The van der Waals surface area contributed by atoms with E-state index in [0.29, 0.717) is 22.8 Å². The second-order valence-electron chi connectivity index (χ2n) is 8.46. The minimum Gasteiger partial charge on any atom is -0.326 e. The number of hydrogen-bond donors (Lipinski definition) is 1. The Balaban J connectivity index is 1.66. The van der Waals surface area contributed by atoms with E-state index in [1.165, 1.54) is 19.1 Å². The van der Waals surface area contributed by atoms with Crippen molar-refractivity contribution in [1.29, 1.82) is 0 Å². The smallest absolute Gasteiger partial charge is 0.221 e. The van der Waals surface area contributed by atoms with Crippen LogP contribution in [0.5, 0.6) is 0 Å². The van der Waals surface area contributed by atoms with Crippen LogP contribution in [0.25, 0.3) is 6.08 Å². The fourth-order valence-electron chi connectivity index (χ4n) is 4.16. The van der Waals surface area contributed by atoms with Gasteiger partial charge in [-0.15, -0.1) is 0 Å². The molecular formula is C25H31ClFN3O. The highest BCUT2D eigenvalue weighted by molar-refractivity contribution is 6.31. The largest absolute Gasteiger partial charge is 0.326 e. The van der Waals surface area contributed by atoms with Crippen LogP contribution in [0.3, 0.4) is 0 Å². The topological polar surface area (TPSA) is 35.6 Å². The van der Waals surface area contributed by atoms with E-state index in [2.05, 4.69) is 48.0 Å². The highest BCUT2D eigenvalue weighted by Crippen LogP contribution is 2.24. The van der Waals surface area contributed by atoms with E-state index in [0.717, 1.165) is 30.8 Å². The summed E-state index contributed by atoms with van der Waals surface area (Å²) in [4.78, 5) is 16.5. The second kappa shape index (κ2) is 10.4. The van der Waals surface area contributed by atoms with Gasteiger partial charge in [0.15, 0.2) is 0 Å². The number of nitrogens with one attached hydrogen (secondary N) is 1. The summed E-state index contributed by atoms with van der Waals surface area (Å²) in [6.45, 7) is 10.9. The van der Waals surface area contributed by atoms with Gasteiger partial charge < -0.3 is 5.32 Å². The Hall–Kier alpha value is -2.21. The van der Waals surface area contributed by atoms with Crippen molar-refractivity contribution in [1.82, 2.24) is 9.80 Å². The molecule has 1 unspecified atom stereocenters. The van der Waals surface area contributed by atoms with E-state index >= 15 is 0 Å². The molecule has 2 aromatic rings. The van der Waals surface area contributed by atoms with Gasteiger partial charge in [0.2, 0.25) is 5.91 Å². The van der Waals surface area contributed by atoms with Crippen LogP contribution in [0, 0.1) is 5.82 Å². The SMILES string of the molecule is CC(=O)Nc1cc(Cl)ccc1/C=C/C(C)N1C[C@@H](C)N(Cc2ccc(F)cc2)C[C@@H]1C. The van der Waals surface area contributed by atoms with Gasteiger partial charge in [-0.05, 0) is 56.2 Å². The summed E-state index contributed by atoms with van der Waals surface area (Å²) < 4.78 is 13.2. The summed E-state index contributed by atoms with van der Waals surface area (Å²) in [6, 6.07) is 13.3. The molecular weight excluding hydrogens is 413 g/mol. The number of carbonyl (C=O) groups is 1. The third kappa shape index (κ3) is 6.39. The summed E-state index contributed by atoms with van der Waals surface area (Å²) in [5.41, 5.74) is 2.78. The lowest BCUT2D eigenvalue weighted by atomic mass is 10.0. The Morgan fingerprint density at radius 1 is 1.19 bits per heavy atom. The Morgan fingerprint density at radius 2 is 1.90 bits per heavy atom. The van der Waals surface area contributed by atoms with Crippen LogP contribution >= 0.6 is 11.6 Å². The van der Waals surface area contributed by atoms with E-state index in [9.17, 15) is 9.18 Å². The van der Waals surface area contributed by atoms with Crippen molar-refractivity contribution in [3.63, 3.8) is 0 Å². The van der Waals surface area contributed by atoms with Gasteiger partial charge in [0, 0.05) is 55.4 Å². The summed E-state index contributed by atoms with van der Waals surface area (Å²) in [7, 11) is 0. The number of halogens is 2. The molecule has 1 heterocycles. The molecule has 2 aromatic carbocycles. The maximum atomic E-state index is 13.2. The van der Waals surface area contributed by atoms with Crippen LogP contribution in [-0.4, -0.2) is 46.9 Å². The van der Waals surface area contributed by atoms with Gasteiger partial charge >= 0.3 is 0 Å². The number of anilines is 1. The number of hydrogen-bond acceptors (Lipinski definition) is 3. The first-order valence-electron chi connectivity index (χ1n) is 10.7. The van der Waals surface area contributed by atoms with Crippen LogP contribution in [0.1, 0.15) is 38.8 Å². The van der Waals surface area contributed by atoms with E-state index in [4.69, 9.17) is 11.6 Å². The van der Waals surface area contributed by atoms with E-state index in [-0.39, 0.29) is 17.8 Å². The summed E-state index contributed by atoms with van der Waals surface area (Å²) in [5, 5.41) is 3.44. The van der Waals surface area contributed by atoms with E-state index < -0.39 is 0 Å². The molecule has 0 bridgehead atoms. The number of nitrogens with zero attached hydrogens (tertiary/aromatic N) is 2. The summed E-state index contributed by atoms with van der Waals surface area (Å²) >= 11 is 6.09. The zero-order chi connectivity index (χ0) is 22.5. The number of amides is 1. The van der Waals surface area contributed by atoms with E-state index in [1.807, 2.05) is 24.3 Å². The van der Waals surface area contributed by atoms with Gasteiger partial charge in [0.1, 0.15) is 5.82 Å². The summed E-state index contributed by atoms with van der Waals surface area (Å²) in [5.74, 6) is -0.317. The molecule has 0 aromatic heterocycles. The molecule has 1 aliphatic rings. The second-order valence-corrected chi connectivity index (χ2v) is 8.90. The zero-order valence-electron chi connectivity index (χ0n) is 18.6. The van der Waals surface area contributed by atoms with Crippen LogP contribution in [0.4, 0.5) is 10.1 Å². The Morgan fingerprint density at radius 3 is 2.58 bits per heavy atom. The lowest BCUT2D eigenvalue weighted by molar-refractivity contribution is -0.114. The van der Waals surface area contributed by atoms with Gasteiger partial charge in [0.25, 0.3) is 0 Å². The third-order valence-corrected chi connectivity index (χ3v) is 6.10. The van der Waals surface area contributed by atoms with Crippen molar-refractivity contribution in [3.05, 3.63) is 70.5 Å². The van der Waals surface area contributed by atoms with Gasteiger partial charge in [-0.25, -0.2) is 4.39 Å². The average Bonchev–Trinajstić information content (AvgIpc) is 2.71. The Kier molecular flexibility index (Phi) is 7.87. The molecule has 1 fully saturated rings. The zero-order valence-corrected chi connectivity index (χ0v) is 19.4. The molecule has 4 nitrogen and oxygen atoms in total. The highest BCUT2D eigenvalue weighted by atomic mass is 35.5. The molecule has 1 aliphatic heterocycles. The van der Waals surface area contributed by atoms with Gasteiger partial charge in [-0.3, -0.25) is 14.6 Å². The van der Waals surface area contributed by atoms with Crippen LogP contribution in [0.2, 0.25) is 5.02 Å². The van der Waals surface area contributed by atoms with Crippen molar-refractivity contribution in [2.75, 3.05) is 18.4 Å². The predicted molar refractivity (Wildman–Crippen MR) is 127 cm³/mol. The standard InChI is InChI=1S/C25H31ClFN3O/c1-17(5-8-22-9-10-23(26)13-25(22)28-20(4)31)30-15-18(2)29(14-19(30)3)16-21-6-11-24(27)12-7-21/h5-13,17-19H,14-16H2,1-4H3,(H,28,31)/b8-5+/t17?,18-,19+/m1/s1. The maximum absolute atomic E-state index is 13.2. The first-order chi connectivity index (χ1) is 14.7. The minimum absolute atomic E-state index is 0.121. The first-order valence-corrected chi connectivity index (χ1v) is 11.1.